The van der Waals surface area contributed by atoms with Crippen molar-refractivity contribution in [3.05, 3.63) is 22.7 Å². The molecule has 132 valence electrons. The van der Waals surface area contributed by atoms with E-state index in [0.717, 1.165) is 0 Å². The van der Waals surface area contributed by atoms with Crippen LogP contribution in [0.25, 0.3) is 0 Å². The van der Waals surface area contributed by atoms with Gasteiger partial charge in [0.25, 0.3) is 0 Å². The highest BCUT2D eigenvalue weighted by atomic mass is 35.5. The molecule has 0 aliphatic heterocycles. The number of hydrogen-bond acceptors (Lipinski definition) is 3. The monoisotopic (exact) mass is 400 g/mol. The molecular weight excluding hydrogens is 390 g/mol. The van der Waals surface area contributed by atoms with E-state index in [-0.39, 0.29) is 11.3 Å². The first kappa shape index (κ1) is 20.1. The molecule has 0 amide bonds. The van der Waals surface area contributed by atoms with Crippen molar-refractivity contribution in [1.29, 1.82) is 0 Å². The van der Waals surface area contributed by atoms with Crippen LogP contribution in [-0.4, -0.2) is 22.0 Å². The van der Waals surface area contributed by atoms with Crippen molar-refractivity contribution >= 4 is 35.0 Å². The molecule has 0 heterocycles. The van der Waals surface area contributed by atoms with E-state index < -0.39 is 46.2 Å². The molecule has 1 rings (SSSR count). The Hall–Kier alpha value is -0.943. The third-order valence-corrected chi connectivity index (χ3v) is 6.05. The molecule has 0 unspecified atom stereocenters. The SMILES string of the molecule is C[Si](C)(C)c1c(Cl)cc(C(F)(F)F)cc1OS(=O)(=O)C(F)(F)F. The molecule has 1 aromatic rings. The van der Waals surface area contributed by atoms with Gasteiger partial charge in [0, 0.05) is 10.2 Å². The minimum atomic E-state index is -6.12. The minimum Gasteiger partial charge on any atom is -0.376 e. The molecule has 23 heavy (non-hydrogen) atoms. The van der Waals surface area contributed by atoms with Gasteiger partial charge in [0.1, 0.15) is 5.75 Å². The van der Waals surface area contributed by atoms with Crippen molar-refractivity contribution in [2.24, 2.45) is 0 Å². The van der Waals surface area contributed by atoms with Crippen molar-refractivity contribution in [2.45, 2.75) is 31.3 Å². The zero-order chi connectivity index (χ0) is 18.4. The van der Waals surface area contributed by atoms with Crippen molar-refractivity contribution < 1.29 is 38.9 Å². The molecule has 0 aliphatic rings. The van der Waals surface area contributed by atoms with Crippen molar-refractivity contribution in [3.63, 3.8) is 0 Å². The summed E-state index contributed by atoms with van der Waals surface area (Å²) in [6.45, 7) is 4.69. The molecular formula is C11H11ClF6O3SSi. The summed E-state index contributed by atoms with van der Waals surface area (Å²) in [5.41, 5.74) is -7.18. The van der Waals surface area contributed by atoms with Gasteiger partial charge in [-0.1, -0.05) is 31.2 Å². The third-order valence-electron chi connectivity index (χ3n) is 2.61. The van der Waals surface area contributed by atoms with Crippen LogP contribution in [0.5, 0.6) is 5.75 Å². The number of alkyl halides is 6. The standard InChI is InChI=1S/C11H11ClF6O3SSi/c1-23(2,3)9-7(12)4-6(10(13,14)15)5-8(9)21-22(19,20)11(16,17)18/h4-5H,1-3H3. The highest BCUT2D eigenvalue weighted by Crippen LogP contribution is 2.36. The maximum absolute atomic E-state index is 12.8. The van der Waals surface area contributed by atoms with Gasteiger partial charge >= 0.3 is 21.8 Å². The predicted octanol–water partition coefficient (Wildman–Crippen LogP) is 4.13. The molecule has 0 bridgehead atoms. The number of benzene rings is 1. The zero-order valence-electron chi connectivity index (χ0n) is 11.9. The Morgan fingerprint density at radius 3 is 1.87 bits per heavy atom. The summed E-state index contributed by atoms with van der Waals surface area (Å²) >= 11 is 5.75. The van der Waals surface area contributed by atoms with Gasteiger partial charge in [-0.2, -0.15) is 34.8 Å². The van der Waals surface area contributed by atoms with Gasteiger partial charge in [-0.25, -0.2) is 0 Å². The van der Waals surface area contributed by atoms with Crippen LogP contribution in [0.2, 0.25) is 24.7 Å². The molecule has 0 saturated heterocycles. The molecule has 0 saturated carbocycles. The average molecular weight is 401 g/mol. The van der Waals surface area contributed by atoms with Gasteiger partial charge < -0.3 is 4.18 Å². The van der Waals surface area contributed by atoms with Crippen LogP contribution in [-0.2, 0) is 16.3 Å². The van der Waals surface area contributed by atoms with E-state index in [1.807, 2.05) is 0 Å². The first-order valence-corrected chi connectivity index (χ1v) is 11.2. The van der Waals surface area contributed by atoms with E-state index in [1.54, 1.807) is 19.6 Å². The fraction of sp³-hybridized carbons (Fsp3) is 0.455. The summed E-state index contributed by atoms with van der Waals surface area (Å²) in [5, 5.41) is -0.647. The number of halogens is 7. The molecule has 0 radical (unpaired) electrons. The van der Waals surface area contributed by atoms with E-state index in [1.165, 1.54) is 0 Å². The normalized spacial score (nSPS) is 14.0. The van der Waals surface area contributed by atoms with E-state index in [9.17, 15) is 34.8 Å². The lowest BCUT2D eigenvalue weighted by molar-refractivity contribution is -0.137. The smallest absolute Gasteiger partial charge is 0.376 e. The average Bonchev–Trinajstić information content (AvgIpc) is 2.22. The highest BCUT2D eigenvalue weighted by Gasteiger charge is 2.49. The first-order valence-electron chi connectivity index (χ1n) is 5.89. The second-order valence-electron chi connectivity index (χ2n) is 5.56. The van der Waals surface area contributed by atoms with Crippen molar-refractivity contribution in [2.75, 3.05) is 0 Å². The van der Waals surface area contributed by atoms with Crippen LogP contribution in [0.4, 0.5) is 26.3 Å². The second kappa shape index (κ2) is 5.85. The van der Waals surface area contributed by atoms with Gasteiger partial charge in [0.2, 0.25) is 0 Å². The fourth-order valence-corrected chi connectivity index (χ4v) is 4.95. The van der Waals surface area contributed by atoms with Gasteiger partial charge in [-0.05, 0) is 12.1 Å². The molecule has 0 aliphatic carbocycles. The van der Waals surface area contributed by atoms with Gasteiger partial charge in [0.15, 0.2) is 0 Å². The maximum atomic E-state index is 12.8. The van der Waals surface area contributed by atoms with Gasteiger partial charge in [-0.3, -0.25) is 0 Å². The lowest BCUT2D eigenvalue weighted by atomic mass is 10.2. The lowest BCUT2D eigenvalue weighted by Gasteiger charge is -2.23. The largest absolute Gasteiger partial charge is 0.534 e. The molecule has 3 nitrogen and oxygen atoms in total. The summed E-state index contributed by atoms with van der Waals surface area (Å²) in [6, 6.07) is 0.741. The topological polar surface area (TPSA) is 43.4 Å². The fourth-order valence-electron chi connectivity index (χ4n) is 1.70. The quantitative estimate of drug-likeness (QED) is 0.331. The Morgan fingerprint density at radius 1 is 1.04 bits per heavy atom. The lowest BCUT2D eigenvalue weighted by Crippen LogP contribution is -2.41. The molecule has 0 N–H and O–H groups in total. The van der Waals surface area contributed by atoms with Crippen molar-refractivity contribution in [1.82, 2.24) is 0 Å². The Labute approximate surface area is 134 Å². The Morgan fingerprint density at radius 2 is 1.52 bits per heavy atom. The number of rotatable bonds is 3. The van der Waals surface area contributed by atoms with Crippen LogP contribution in [0.1, 0.15) is 5.56 Å². The Kier molecular flexibility index (Phi) is 5.11. The van der Waals surface area contributed by atoms with Crippen LogP contribution in [0.3, 0.4) is 0 Å². The summed E-state index contributed by atoms with van der Waals surface area (Å²) < 4.78 is 102. The highest BCUT2D eigenvalue weighted by molar-refractivity contribution is 7.88. The minimum absolute atomic E-state index is 0.153. The zero-order valence-corrected chi connectivity index (χ0v) is 14.5. The maximum Gasteiger partial charge on any atom is 0.534 e. The summed E-state index contributed by atoms with van der Waals surface area (Å²) in [5.74, 6) is -1.05. The van der Waals surface area contributed by atoms with Crippen LogP contribution in [0, 0.1) is 0 Å². The Bertz CT molecular complexity index is 706. The molecule has 0 atom stereocenters. The second-order valence-corrected chi connectivity index (χ2v) is 12.5. The summed E-state index contributed by atoms with van der Waals surface area (Å²) in [7, 11) is -8.74. The van der Waals surface area contributed by atoms with E-state index >= 15 is 0 Å². The molecule has 1 aromatic carbocycles. The van der Waals surface area contributed by atoms with Crippen LogP contribution in [0.15, 0.2) is 12.1 Å². The van der Waals surface area contributed by atoms with E-state index in [2.05, 4.69) is 4.18 Å². The molecule has 12 heteroatoms. The summed E-state index contributed by atoms with van der Waals surface area (Å²) in [6.07, 6.45) is -4.93. The number of hydrogen-bond donors (Lipinski definition) is 0. The first-order chi connectivity index (χ1) is 9.97. The van der Waals surface area contributed by atoms with E-state index in [0.29, 0.717) is 6.07 Å². The van der Waals surface area contributed by atoms with Crippen LogP contribution < -0.4 is 9.37 Å². The van der Waals surface area contributed by atoms with Gasteiger partial charge in [0.05, 0.1) is 13.6 Å². The van der Waals surface area contributed by atoms with Gasteiger partial charge in [-0.15, -0.1) is 0 Å². The molecule has 0 fully saturated rings. The molecule has 0 aromatic heterocycles. The third kappa shape index (κ3) is 4.54. The van der Waals surface area contributed by atoms with E-state index in [4.69, 9.17) is 11.6 Å². The predicted molar refractivity (Wildman–Crippen MR) is 75.0 cm³/mol. The summed E-state index contributed by atoms with van der Waals surface area (Å²) in [4.78, 5) is 0. The van der Waals surface area contributed by atoms with Crippen molar-refractivity contribution in [3.8, 4) is 5.75 Å². The van der Waals surface area contributed by atoms with Crippen LogP contribution >= 0.6 is 11.6 Å². The molecule has 0 spiro atoms. The Balaban J connectivity index is 3.65.